The van der Waals surface area contributed by atoms with Gasteiger partial charge in [0.05, 0.1) is 11.1 Å². The van der Waals surface area contributed by atoms with Gasteiger partial charge in [0, 0.05) is 83.6 Å². The highest BCUT2D eigenvalue weighted by atomic mass is 35.5. The van der Waals surface area contributed by atoms with Gasteiger partial charge in [0.1, 0.15) is 0 Å². The molecule has 10 rings (SSSR count). The Morgan fingerprint density at radius 2 is 0.779 bits per heavy atom. The smallest absolute Gasteiger partial charge is 0.257 e. The molecule has 5 N–H and O–H groups in total. The molecule has 336 valence electrons. The molecule has 0 unspecified atom stereocenters. The van der Waals surface area contributed by atoms with Crippen LogP contribution in [0.2, 0.25) is 0 Å². The third-order valence-electron chi connectivity index (χ3n) is 10.9. The summed E-state index contributed by atoms with van der Waals surface area (Å²) in [6, 6.07) is 54.8. The number of hydrogen-bond acceptors (Lipinski definition) is 7. The van der Waals surface area contributed by atoms with Crippen molar-refractivity contribution in [3.8, 4) is 22.3 Å². The first kappa shape index (κ1) is 47.5. The highest BCUT2D eigenvalue weighted by molar-refractivity contribution is 6.67. The Hall–Kier alpha value is -8.44. The number of amides is 3. The van der Waals surface area contributed by atoms with Gasteiger partial charge in [-0.2, -0.15) is 0 Å². The molecule has 3 amide bonds. The second-order valence-electron chi connectivity index (χ2n) is 15.5. The van der Waals surface area contributed by atoms with Crippen LogP contribution in [-0.2, 0) is 9.59 Å². The fourth-order valence-corrected chi connectivity index (χ4v) is 8.16. The molecule has 0 saturated heterocycles. The summed E-state index contributed by atoms with van der Waals surface area (Å²) in [6.45, 7) is 3.01. The quantitative estimate of drug-likeness (QED) is 0.0915. The fourth-order valence-electron chi connectivity index (χ4n) is 8.05. The van der Waals surface area contributed by atoms with Crippen LogP contribution >= 0.6 is 24.0 Å². The van der Waals surface area contributed by atoms with Crippen LogP contribution in [0.3, 0.4) is 0 Å². The monoisotopic (exact) mass is 934 g/mol. The molecule has 0 saturated carbocycles. The molecular weight excluding hydrogens is 892 g/mol. The van der Waals surface area contributed by atoms with Gasteiger partial charge in [-0.1, -0.05) is 121 Å². The number of halogens is 2. The molecule has 0 fully saturated rings. The predicted octanol–water partition coefficient (Wildman–Crippen LogP) is 13.3. The van der Waals surface area contributed by atoms with E-state index in [9.17, 15) is 19.2 Å². The minimum atomic E-state index is -0.469. The molecule has 68 heavy (non-hydrogen) atoms. The third-order valence-corrected chi connectivity index (χ3v) is 11.1. The van der Waals surface area contributed by atoms with Crippen molar-refractivity contribution in [3.05, 3.63) is 206 Å². The van der Waals surface area contributed by atoms with E-state index >= 15 is 0 Å². The van der Waals surface area contributed by atoms with Gasteiger partial charge in [0.2, 0.25) is 11.8 Å². The highest BCUT2D eigenvalue weighted by Gasteiger charge is 2.20. The molecule has 0 aliphatic rings. The van der Waals surface area contributed by atoms with Gasteiger partial charge in [0.15, 0.2) is 0 Å². The lowest BCUT2D eigenvalue weighted by atomic mass is 9.91. The van der Waals surface area contributed by atoms with E-state index in [4.69, 9.17) is 17.3 Å². The summed E-state index contributed by atoms with van der Waals surface area (Å²) in [4.78, 5) is 55.0. The number of aromatic nitrogens is 2. The zero-order valence-corrected chi connectivity index (χ0v) is 38.4. The standard InChI is InChI=1S/C28H21N3O2.C22H18N2O.C6H4ClNO.ClH/c1-18(32)30-24-14-12-19-7-2-4-10-22(19)26(24)27-23-11-5-3-8-20(23)13-15-25(27)31-28(33)21-9-6-16-29-17-21;1-14(25)24-20-13-11-16-7-3-5-9-18(16)22(20)21-17-8-4-2-6-15(17)10-12-19(21)23;7-6(9)5-2-1-3-8-4-5;/h2-17H,1H3,(H,30,32)(H,31,33);2-13H,23H2,1H3,(H,24,25);1-4H;1H. The number of nitrogen functional groups attached to an aromatic ring is 1. The van der Waals surface area contributed by atoms with Crippen LogP contribution in [0.4, 0.5) is 22.7 Å². The molecule has 0 aliphatic heterocycles. The van der Waals surface area contributed by atoms with E-state index < -0.39 is 5.24 Å². The van der Waals surface area contributed by atoms with Gasteiger partial charge in [-0.3, -0.25) is 29.1 Å². The van der Waals surface area contributed by atoms with Crippen LogP contribution in [0.25, 0.3) is 65.3 Å². The Morgan fingerprint density at radius 1 is 0.426 bits per heavy atom. The average Bonchev–Trinajstić information content (AvgIpc) is 3.35. The van der Waals surface area contributed by atoms with Crippen molar-refractivity contribution in [1.82, 2.24) is 9.97 Å². The van der Waals surface area contributed by atoms with Gasteiger partial charge in [-0.15, -0.1) is 12.4 Å². The molecule has 8 aromatic carbocycles. The van der Waals surface area contributed by atoms with E-state index in [1.807, 2.05) is 121 Å². The summed E-state index contributed by atoms with van der Waals surface area (Å²) in [5.41, 5.74) is 13.7. The van der Waals surface area contributed by atoms with Crippen LogP contribution in [0.5, 0.6) is 0 Å². The Labute approximate surface area is 403 Å². The number of anilines is 4. The van der Waals surface area contributed by atoms with E-state index in [1.54, 1.807) is 36.7 Å². The van der Waals surface area contributed by atoms with Crippen molar-refractivity contribution in [2.24, 2.45) is 0 Å². The van der Waals surface area contributed by atoms with Gasteiger partial charge in [0.25, 0.3) is 11.1 Å². The van der Waals surface area contributed by atoms with E-state index in [0.29, 0.717) is 28.2 Å². The first-order chi connectivity index (χ1) is 32.6. The lowest BCUT2D eigenvalue weighted by molar-refractivity contribution is -0.115. The molecule has 0 bridgehead atoms. The predicted molar refractivity (Wildman–Crippen MR) is 281 cm³/mol. The van der Waals surface area contributed by atoms with E-state index in [-0.39, 0.29) is 30.1 Å². The van der Waals surface area contributed by atoms with Crippen molar-refractivity contribution in [2.75, 3.05) is 21.7 Å². The first-order valence-corrected chi connectivity index (χ1v) is 21.6. The van der Waals surface area contributed by atoms with Crippen molar-refractivity contribution >= 4 is 113 Å². The maximum Gasteiger partial charge on any atom is 0.257 e. The normalized spacial score (nSPS) is 10.5. The number of nitrogens with two attached hydrogens (primary N) is 1. The van der Waals surface area contributed by atoms with Crippen LogP contribution in [0.1, 0.15) is 34.6 Å². The average molecular weight is 936 g/mol. The molecular formula is C56H44Cl2N6O4. The number of benzene rings is 8. The van der Waals surface area contributed by atoms with Crippen LogP contribution in [0, 0.1) is 0 Å². The van der Waals surface area contributed by atoms with Crippen molar-refractivity contribution in [1.29, 1.82) is 0 Å². The number of carbonyl (C=O) groups is 4. The second-order valence-corrected chi connectivity index (χ2v) is 15.8. The second kappa shape index (κ2) is 21.7. The summed E-state index contributed by atoms with van der Waals surface area (Å²) >= 11 is 5.12. The zero-order valence-electron chi connectivity index (χ0n) is 36.9. The minimum absolute atomic E-state index is 0. The Bertz CT molecular complexity index is 3480. The molecule has 0 atom stereocenters. The number of carbonyl (C=O) groups excluding carboxylic acids is 4. The SMILES string of the molecule is CC(=O)Nc1ccc2ccccc2c1-c1c(N)ccc2ccccc12.CC(=O)Nc1ccc2ccccc2c1-c1c(NC(=O)c2cccnc2)ccc2ccccc12.Cl.O=C(Cl)c1cccnc1. The number of hydrogen-bond donors (Lipinski definition) is 4. The number of rotatable bonds is 7. The van der Waals surface area contributed by atoms with Gasteiger partial charge >= 0.3 is 0 Å². The lowest BCUT2D eigenvalue weighted by Gasteiger charge is -2.20. The molecule has 10 aromatic rings. The minimum Gasteiger partial charge on any atom is -0.398 e. The summed E-state index contributed by atoms with van der Waals surface area (Å²) < 4.78 is 0. The zero-order chi connectivity index (χ0) is 46.9. The highest BCUT2D eigenvalue weighted by Crippen LogP contribution is 2.45. The largest absolute Gasteiger partial charge is 0.398 e. The summed E-state index contributed by atoms with van der Waals surface area (Å²) in [5.74, 6) is -0.510. The van der Waals surface area contributed by atoms with Crippen LogP contribution in [0.15, 0.2) is 195 Å². The van der Waals surface area contributed by atoms with Crippen molar-refractivity contribution in [3.63, 3.8) is 0 Å². The Balaban J connectivity index is 0.000000172. The number of nitrogens with one attached hydrogen (secondary N) is 3. The molecule has 2 aromatic heterocycles. The summed E-state index contributed by atoms with van der Waals surface area (Å²) in [6.07, 6.45) is 6.18. The van der Waals surface area contributed by atoms with E-state index in [0.717, 1.165) is 71.0 Å². The fraction of sp³-hybridized carbons (Fsp3) is 0.0357. The molecule has 10 nitrogen and oxygen atoms in total. The summed E-state index contributed by atoms with van der Waals surface area (Å²) in [5, 5.41) is 16.9. The lowest BCUT2D eigenvalue weighted by Crippen LogP contribution is -2.13. The summed E-state index contributed by atoms with van der Waals surface area (Å²) in [7, 11) is 0. The van der Waals surface area contributed by atoms with Crippen molar-refractivity contribution < 1.29 is 19.2 Å². The maximum atomic E-state index is 13.0. The molecule has 0 spiro atoms. The first-order valence-electron chi connectivity index (χ1n) is 21.3. The maximum absolute atomic E-state index is 13.0. The number of pyridine rings is 2. The number of fused-ring (bicyclic) bond motifs is 4. The topological polar surface area (TPSA) is 156 Å². The third kappa shape index (κ3) is 10.6. The van der Waals surface area contributed by atoms with Gasteiger partial charge in [-0.25, -0.2) is 0 Å². The molecule has 12 heteroatoms. The Morgan fingerprint density at radius 3 is 1.15 bits per heavy atom. The molecule has 0 aliphatic carbocycles. The van der Waals surface area contributed by atoms with E-state index in [1.165, 1.54) is 26.2 Å². The Kier molecular flexibility index (Phi) is 15.2. The van der Waals surface area contributed by atoms with Gasteiger partial charge in [-0.05, 0) is 103 Å². The van der Waals surface area contributed by atoms with Crippen LogP contribution < -0.4 is 21.7 Å². The number of nitrogens with zero attached hydrogens (tertiary/aromatic N) is 2. The molecule has 2 heterocycles. The van der Waals surface area contributed by atoms with Gasteiger partial charge < -0.3 is 21.7 Å². The van der Waals surface area contributed by atoms with Crippen molar-refractivity contribution in [2.45, 2.75) is 13.8 Å². The van der Waals surface area contributed by atoms with E-state index in [2.05, 4.69) is 50.2 Å². The molecule has 0 radical (unpaired) electrons. The van der Waals surface area contributed by atoms with Crippen LogP contribution in [-0.4, -0.2) is 32.9 Å².